The molecule has 0 radical (unpaired) electrons. The van der Waals surface area contributed by atoms with E-state index in [1.54, 1.807) is 6.08 Å². The minimum absolute atomic E-state index is 0.000173. The maximum absolute atomic E-state index is 12.0. The summed E-state index contributed by atoms with van der Waals surface area (Å²) in [5.41, 5.74) is 3.31. The summed E-state index contributed by atoms with van der Waals surface area (Å²) in [6.45, 7) is 5.92. The molecule has 2 unspecified atom stereocenters. The summed E-state index contributed by atoms with van der Waals surface area (Å²) in [5.74, 6) is -1.64. The molecule has 0 saturated heterocycles. The highest BCUT2D eigenvalue weighted by Crippen LogP contribution is 2.38. The van der Waals surface area contributed by atoms with Crippen LogP contribution in [-0.2, 0) is 22.6 Å². The summed E-state index contributed by atoms with van der Waals surface area (Å²) < 4.78 is 5.08. The molecule has 27 heavy (non-hydrogen) atoms. The van der Waals surface area contributed by atoms with Gasteiger partial charge in [-0.1, -0.05) is 44.1 Å². The first-order valence-electron chi connectivity index (χ1n) is 9.52. The van der Waals surface area contributed by atoms with Gasteiger partial charge >= 0.3 is 11.9 Å². The zero-order valence-corrected chi connectivity index (χ0v) is 15.7. The van der Waals surface area contributed by atoms with Crippen molar-refractivity contribution in [3.63, 3.8) is 0 Å². The Balaban J connectivity index is 1.89. The number of rotatable bonds is 5. The zero-order chi connectivity index (χ0) is 19.6. The lowest BCUT2D eigenvalue weighted by atomic mass is 9.86. The van der Waals surface area contributed by atoms with E-state index >= 15 is 0 Å². The molecule has 1 aromatic rings. The van der Waals surface area contributed by atoms with Crippen LogP contribution >= 0.6 is 0 Å². The highest BCUT2D eigenvalue weighted by molar-refractivity contribution is 5.98. The third-order valence-electron chi connectivity index (χ3n) is 5.85. The molecule has 1 aliphatic heterocycles. The lowest BCUT2D eigenvalue weighted by Gasteiger charge is -2.18. The highest BCUT2D eigenvalue weighted by atomic mass is 16.5. The number of benzene rings is 1. The van der Waals surface area contributed by atoms with E-state index in [-0.39, 0.29) is 29.8 Å². The van der Waals surface area contributed by atoms with Crippen LogP contribution in [0.3, 0.4) is 0 Å². The quantitative estimate of drug-likeness (QED) is 0.456. The lowest BCUT2D eigenvalue weighted by Crippen LogP contribution is -2.21. The van der Waals surface area contributed by atoms with E-state index in [0.717, 1.165) is 42.4 Å². The highest BCUT2D eigenvalue weighted by Gasteiger charge is 2.31. The number of allylic oxidation sites excluding steroid dienone is 2. The van der Waals surface area contributed by atoms with Crippen LogP contribution in [-0.4, -0.2) is 22.2 Å². The molecular weight excluding hydrogens is 344 g/mol. The van der Waals surface area contributed by atoms with Gasteiger partial charge in [-0.3, -0.25) is 4.79 Å². The van der Waals surface area contributed by atoms with Gasteiger partial charge in [0.1, 0.15) is 17.9 Å². The van der Waals surface area contributed by atoms with E-state index in [4.69, 9.17) is 4.74 Å². The standard InChI is InChI=1S/C22H26O5/c1-3-15-13(2)18-12-27-22(26)19(18)20(23)17(15)11-7-9-14-8-5-4-6-10-16(14)21(24)25/h3,7,9,14,16,23H,1,4-6,8,10-12H2,2H3,(H,24,25)/b9-7+. The largest absolute Gasteiger partial charge is 0.507 e. The van der Waals surface area contributed by atoms with E-state index in [1.165, 1.54) is 0 Å². The number of phenols is 1. The van der Waals surface area contributed by atoms with Crippen LogP contribution in [0, 0.1) is 18.8 Å². The minimum Gasteiger partial charge on any atom is -0.507 e. The van der Waals surface area contributed by atoms with E-state index < -0.39 is 11.9 Å². The molecule has 5 nitrogen and oxygen atoms in total. The van der Waals surface area contributed by atoms with Gasteiger partial charge in [0.15, 0.2) is 0 Å². The fourth-order valence-corrected chi connectivity index (χ4v) is 4.32. The van der Waals surface area contributed by atoms with Gasteiger partial charge in [0.2, 0.25) is 0 Å². The van der Waals surface area contributed by atoms with Crippen molar-refractivity contribution in [2.75, 3.05) is 0 Å². The monoisotopic (exact) mass is 370 g/mol. The van der Waals surface area contributed by atoms with Gasteiger partial charge in [-0.15, -0.1) is 0 Å². The molecule has 1 fully saturated rings. The Morgan fingerprint density at radius 1 is 1.30 bits per heavy atom. The number of hydrogen-bond acceptors (Lipinski definition) is 4. The fourth-order valence-electron chi connectivity index (χ4n) is 4.32. The fraction of sp³-hybridized carbons (Fsp3) is 0.455. The number of cyclic esters (lactones) is 1. The average Bonchev–Trinajstić information content (AvgIpc) is 2.87. The van der Waals surface area contributed by atoms with E-state index in [9.17, 15) is 19.8 Å². The second kappa shape index (κ2) is 7.99. The molecule has 0 aromatic heterocycles. The molecule has 0 amide bonds. The summed E-state index contributed by atoms with van der Waals surface area (Å²) in [4.78, 5) is 23.6. The van der Waals surface area contributed by atoms with Gasteiger partial charge in [-0.25, -0.2) is 4.79 Å². The van der Waals surface area contributed by atoms with Crippen molar-refractivity contribution >= 4 is 18.0 Å². The Kier molecular flexibility index (Phi) is 5.68. The summed E-state index contributed by atoms with van der Waals surface area (Å²) in [6.07, 6.45) is 10.6. The molecule has 2 aliphatic rings. The number of aliphatic carboxylic acids is 1. The van der Waals surface area contributed by atoms with Crippen molar-refractivity contribution in [1.82, 2.24) is 0 Å². The Morgan fingerprint density at radius 3 is 2.74 bits per heavy atom. The molecule has 144 valence electrons. The van der Waals surface area contributed by atoms with Crippen molar-refractivity contribution in [1.29, 1.82) is 0 Å². The Morgan fingerprint density at radius 2 is 2.04 bits per heavy atom. The van der Waals surface area contributed by atoms with Crippen molar-refractivity contribution in [2.45, 2.75) is 52.1 Å². The number of esters is 1. The maximum Gasteiger partial charge on any atom is 0.342 e. The molecule has 1 heterocycles. The summed E-state index contributed by atoms with van der Waals surface area (Å²) in [5, 5.41) is 20.2. The molecule has 2 N–H and O–H groups in total. The SMILES string of the molecule is C=Cc1c(C)c2c(c(O)c1C/C=C/C1CCCCCC1C(=O)O)C(=O)OC2. The number of carboxylic acids is 1. The zero-order valence-electron chi connectivity index (χ0n) is 15.7. The van der Waals surface area contributed by atoms with Crippen molar-refractivity contribution in [2.24, 2.45) is 11.8 Å². The lowest BCUT2D eigenvalue weighted by molar-refractivity contribution is -0.143. The number of phenolic OH excluding ortho intramolecular Hbond substituents is 1. The summed E-state index contributed by atoms with van der Waals surface area (Å²) in [6, 6.07) is 0. The molecule has 0 spiro atoms. The predicted molar refractivity (Wildman–Crippen MR) is 103 cm³/mol. The number of hydrogen-bond donors (Lipinski definition) is 2. The van der Waals surface area contributed by atoms with E-state index in [0.29, 0.717) is 18.4 Å². The van der Waals surface area contributed by atoms with Crippen LogP contribution in [0.5, 0.6) is 5.75 Å². The van der Waals surface area contributed by atoms with Crippen LogP contribution < -0.4 is 0 Å². The number of ether oxygens (including phenoxy) is 1. The second-order valence-corrected chi connectivity index (χ2v) is 7.38. The van der Waals surface area contributed by atoms with Crippen molar-refractivity contribution in [3.8, 4) is 5.75 Å². The van der Waals surface area contributed by atoms with Crippen molar-refractivity contribution < 1.29 is 24.5 Å². The maximum atomic E-state index is 12.0. The number of carbonyl (C=O) groups excluding carboxylic acids is 1. The predicted octanol–water partition coefficient (Wildman–Crippen LogP) is 4.39. The number of aromatic hydroxyl groups is 1. The average molecular weight is 370 g/mol. The third kappa shape index (κ3) is 3.64. The van der Waals surface area contributed by atoms with Gasteiger partial charge in [0, 0.05) is 11.1 Å². The van der Waals surface area contributed by atoms with Gasteiger partial charge < -0.3 is 14.9 Å². The van der Waals surface area contributed by atoms with Gasteiger partial charge in [-0.05, 0) is 43.2 Å². The molecule has 3 rings (SSSR count). The van der Waals surface area contributed by atoms with Crippen LogP contribution in [0.2, 0.25) is 0 Å². The molecule has 1 saturated carbocycles. The van der Waals surface area contributed by atoms with Crippen LogP contribution in [0.25, 0.3) is 6.08 Å². The normalized spacial score (nSPS) is 22.3. The molecular formula is C22H26O5. The van der Waals surface area contributed by atoms with Gasteiger partial charge in [0.05, 0.1) is 5.92 Å². The summed E-state index contributed by atoms with van der Waals surface area (Å²) >= 11 is 0. The molecule has 2 atom stereocenters. The van der Waals surface area contributed by atoms with Crippen LogP contribution in [0.1, 0.15) is 64.7 Å². The molecule has 1 aliphatic carbocycles. The minimum atomic E-state index is -0.739. The molecule has 1 aromatic carbocycles. The van der Waals surface area contributed by atoms with E-state index in [2.05, 4.69) is 6.58 Å². The Labute approximate surface area is 159 Å². The first kappa shape index (κ1) is 19.2. The number of carboxylic acid groups (broad SMARTS) is 1. The summed E-state index contributed by atoms with van der Waals surface area (Å²) in [7, 11) is 0. The first-order chi connectivity index (χ1) is 13.0. The molecule has 0 bridgehead atoms. The topological polar surface area (TPSA) is 83.8 Å². The Bertz CT molecular complexity index is 806. The van der Waals surface area contributed by atoms with Crippen LogP contribution in [0.4, 0.5) is 0 Å². The number of carbonyl (C=O) groups is 2. The van der Waals surface area contributed by atoms with Crippen LogP contribution in [0.15, 0.2) is 18.7 Å². The van der Waals surface area contributed by atoms with Gasteiger partial charge in [0.25, 0.3) is 0 Å². The second-order valence-electron chi connectivity index (χ2n) is 7.38. The molecule has 5 heteroatoms. The smallest absolute Gasteiger partial charge is 0.342 e. The van der Waals surface area contributed by atoms with E-state index in [1.807, 2.05) is 19.1 Å². The van der Waals surface area contributed by atoms with Crippen molar-refractivity contribution in [3.05, 3.63) is 46.5 Å². The first-order valence-corrected chi connectivity index (χ1v) is 9.52. The number of fused-ring (bicyclic) bond motifs is 1. The van der Waals surface area contributed by atoms with Gasteiger partial charge in [-0.2, -0.15) is 0 Å². The third-order valence-corrected chi connectivity index (χ3v) is 5.85. The Hall–Kier alpha value is -2.56.